The maximum atomic E-state index is 13.0. The van der Waals surface area contributed by atoms with Crippen LogP contribution in [0.2, 0.25) is 0 Å². The lowest BCUT2D eigenvalue weighted by atomic mass is 10.1. The lowest BCUT2D eigenvalue weighted by molar-refractivity contribution is -0.135. The number of nitrogens with zero attached hydrogens (tertiary/aromatic N) is 3. The van der Waals surface area contributed by atoms with Crippen LogP contribution in [0.25, 0.3) is 0 Å². The smallest absolute Gasteiger partial charge is 0.262 e. The normalized spacial score (nSPS) is 17.7. The van der Waals surface area contributed by atoms with Crippen LogP contribution in [0, 0.1) is 6.92 Å². The average Bonchev–Trinajstić information content (AvgIpc) is 2.98. The number of fused-ring (bicyclic) bond motifs is 1. The maximum Gasteiger partial charge on any atom is 0.262 e. The topological polar surface area (TPSA) is 60.9 Å². The van der Waals surface area contributed by atoms with Crippen LogP contribution >= 0.6 is 0 Å². The SMILES string of the molecule is Cc1cccc(N2CCN(C(=O)C(C)N3C(=O)c4ccccc4C3=O)CC2)c1. The molecule has 2 aliphatic rings. The van der Waals surface area contributed by atoms with Crippen LogP contribution < -0.4 is 4.90 Å². The van der Waals surface area contributed by atoms with E-state index in [1.807, 2.05) is 6.07 Å². The van der Waals surface area contributed by atoms with Crippen molar-refractivity contribution in [1.82, 2.24) is 9.80 Å². The molecule has 0 N–H and O–H groups in total. The Morgan fingerprint density at radius 1 is 0.893 bits per heavy atom. The number of hydrogen-bond donors (Lipinski definition) is 0. The Hall–Kier alpha value is -3.15. The first-order chi connectivity index (χ1) is 13.5. The summed E-state index contributed by atoms with van der Waals surface area (Å²) in [5.41, 5.74) is 3.10. The summed E-state index contributed by atoms with van der Waals surface area (Å²) in [7, 11) is 0. The third-order valence-electron chi connectivity index (χ3n) is 5.53. The van der Waals surface area contributed by atoms with E-state index < -0.39 is 6.04 Å². The molecule has 1 saturated heterocycles. The maximum absolute atomic E-state index is 13.0. The van der Waals surface area contributed by atoms with Gasteiger partial charge in [0.2, 0.25) is 5.91 Å². The van der Waals surface area contributed by atoms with Crippen molar-refractivity contribution in [2.24, 2.45) is 0 Å². The van der Waals surface area contributed by atoms with Crippen LogP contribution in [0.4, 0.5) is 5.69 Å². The van der Waals surface area contributed by atoms with Crippen LogP contribution in [-0.4, -0.2) is 59.7 Å². The zero-order valence-electron chi connectivity index (χ0n) is 16.1. The van der Waals surface area contributed by atoms with Crippen LogP contribution in [-0.2, 0) is 4.79 Å². The Morgan fingerprint density at radius 2 is 1.50 bits per heavy atom. The molecule has 0 aromatic heterocycles. The molecule has 6 heteroatoms. The monoisotopic (exact) mass is 377 g/mol. The predicted molar refractivity (Wildman–Crippen MR) is 106 cm³/mol. The number of imide groups is 1. The van der Waals surface area contributed by atoms with Gasteiger partial charge in [0.25, 0.3) is 11.8 Å². The number of benzene rings is 2. The minimum Gasteiger partial charge on any atom is -0.368 e. The molecular formula is C22H23N3O3. The van der Waals surface area contributed by atoms with Gasteiger partial charge in [0, 0.05) is 31.9 Å². The lowest BCUT2D eigenvalue weighted by Crippen LogP contribution is -2.55. The Balaban J connectivity index is 1.43. The van der Waals surface area contributed by atoms with Crippen molar-refractivity contribution < 1.29 is 14.4 Å². The van der Waals surface area contributed by atoms with Crippen molar-refractivity contribution in [3.63, 3.8) is 0 Å². The van der Waals surface area contributed by atoms with Gasteiger partial charge in [0.15, 0.2) is 0 Å². The fraction of sp³-hybridized carbons (Fsp3) is 0.318. The van der Waals surface area contributed by atoms with Gasteiger partial charge in [0.05, 0.1) is 11.1 Å². The number of rotatable bonds is 3. The van der Waals surface area contributed by atoms with E-state index in [0.717, 1.165) is 23.7 Å². The van der Waals surface area contributed by atoms with E-state index in [4.69, 9.17) is 0 Å². The largest absolute Gasteiger partial charge is 0.368 e. The summed E-state index contributed by atoms with van der Waals surface area (Å²) in [5, 5.41) is 0. The fourth-order valence-electron chi connectivity index (χ4n) is 3.94. The molecule has 0 spiro atoms. The average molecular weight is 377 g/mol. The second-order valence-corrected chi connectivity index (χ2v) is 7.35. The number of aryl methyl sites for hydroxylation is 1. The first-order valence-corrected chi connectivity index (χ1v) is 9.54. The molecule has 0 bridgehead atoms. The summed E-state index contributed by atoms with van der Waals surface area (Å²) in [5.74, 6) is -0.960. The molecule has 6 nitrogen and oxygen atoms in total. The second-order valence-electron chi connectivity index (χ2n) is 7.35. The Kier molecular flexibility index (Phi) is 4.63. The highest BCUT2D eigenvalue weighted by molar-refractivity contribution is 6.22. The second kappa shape index (κ2) is 7.11. The van der Waals surface area contributed by atoms with Gasteiger partial charge in [-0.25, -0.2) is 0 Å². The van der Waals surface area contributed by atoms with Crippen molar-refractivity contribution in [3.05, 3.63) is 65.2 Å². The molecule has 2 aromatic rings. The molecule has 0 aliphatic carbocycles. The van der Waals surface area contributed by atoms with Gasteiger partial charge >= 0.3 is 0 Å². The van der Waals surface area contributed by atoms with Gasteiger partial charge in [-0.1, -0.05) is 24.3 Å². The van der Waals surface area contributed by atoms with Gasteiger partial charge in [-0.15, -0.1) is 0 Å². The molecular weight excluding hydrogens is 354 g/mol. The molecule has 0 saturated carbocycles. The summed E-state index contributed by atoms with van der Waals surface area (Å²) in [6.45, 7) is 6.29. The van der Waals surface area contributed by atoms with E-state index in [0.29, 0.717) is 24.2 Å². The van der Waals surface area contributed by atoms with Crippen LogP contribution in [0.1, 0.15) is 33.2 Å². The van der Waals surface area contributed by atoms with E-state index in [9.17, 15) is 14.4 Å². The molecule has 3 amide bonds. The Morgan fingerprint density at radius 3 is 2.07 bits per heavy atom. The van der Waals surface area contributed by atoms with Crippen molar-refractivity contribution in [3.8, 4) is 0 Å². The standard InChI is InChI=1S/C22H23N3O3/c1-15-6-5-7-17(14-15)23-10-12-24(13-11-23)20(26)16(2)25-21(27)18-8-3-4-9-19(18)22(25)28/h3-9,14,16H,10-13H2,1-2H3. The molecule has 2 aliphatic heterocycles. The van der Waals surface area contributed by atoms with E-state index >= 15 is 0 Å². The van der Waals surface area contributed by atoms with E-state index in [-0.39, 0.29) is 17.7 Å². The molecule has 28 heavy (non-hydrogen) atoms. The van der Waals surface area contributed by atoms with Crippen molar-refractivity contribution in [2.75, 3.05) is 31.1 Å². The molecule has 144 valence electrons. The minimum absolute atomic E-state index is 0.182. The van der Waals surface area contributed by atoms with Gasteiger partial charge < -0.3 is 9.80 Å². The van der Waals surface area contributed by atoms with Gasteiger partial charge in [-0.3, -0.25) is 19.3 Å². The van der Waals surface area contributed by atoms with Gasteiger partial charge in [0.1, 0.15) is 6.04 Å². The summed E-state index contributed by atoms with van der Waals surface area (Å²) in [4.78, 5) is 43.3. The molecule has 2 aromatic carbocycles. The summed E-state index contributed by atoms with van der Waals surface area (Å²) in [6.07, 6.45) is 0. The van der Waals surface area contributed by atoms with Gasteiger partial charge in [-0.2, -0.15) is 0 Å². The number of amides is 3. The summed E-state index contributed by atoms with van der Waals surface area (Å²) in [6, 6.07) is 14.2. The molecule has 0 radical (unpaired) electrons. The first-order valence-electron chi connectivity index (χ1n) is 9.54. The highest BCUT2D eigenvalue weighted by atomic mass is 16.2. The molecule has 4 rings (SSSR count). The predicted octanol–water partition coefficient (Wildman–Crippen LogP) is 2.33. The van der Waals surface area contributed by atoms with Crippen molar-refractivity contribution in [1.29, 1.82) is 0 Å². The van der Waals surface area contributed by atoms with Crippen molar-refractivity contribution in [2.45, 2.75) is 19.9 Å². The molecule has 1 atom stereocenters. The number of carbonyl (C=O) groups excluding carboxylic acids is 3. The summed E-state index contributed by atoms with van der Waals surface area (Å²) >= 11 is 0. The number of anilines is 1. The van der Waals surface area contributed by atoms with Crippen LogP contribution in [0.5, 0.6) is 0 Å². The quantitative estimate of drug-likeness (QED) is 0.771. The van der Waals surface area contributed by atoms with E-state index in [1.54, 1.807) is 36.1 Å². The summed E-state index contributed by atoms with van der Waals surface area (Å²) < 4.78 is 0. The van der Waals surface area contributed by atoms with Crippen molar-refractivity contribution >= 4 is 23.4 Å². The number of carbonyl (C=O) groups is 3. The third kappa shape index (κ3) is 3.05. The molecule has 1 unspecified atom stereocenters. The molecule has 2 heterocycles. The number of hydrogen-bond acceptors (Lipinski definition) is 4. The van der Waals surface area contributed by atoms with E-state index in [1.165, 1.54) is 5.56 Å². The van der Waals surface area contributed by atoms with Crippen LogP contribution in [0.3, 0.4) is 0 Å². The minimum atomic E-state index is -0.807. The Bertz CT molecular complexity index is 913. The first kappa shape index (κ1) is 18.2. The number of piperazine rings is 1. The highest BCUT2D eigenvalue weighted by Crippen LogP contribution is 2.25. The van der Waals surface area contributed by atoms with Crippen LogP contribution in [0.15, 0.2) is 48.5 Å². The third-order valence-corrected chi connectivity index (χ3v) is 5.53. The lowest BCUT2D eigenvalue weighted by Gasteiger charge is -2.38. The van der Waals surface area contributed by atoms with E-state index in [2.05, 4.69) is 30.0 Å². The molecule has 1 fully saturated rings. The fourth-order valence-corrected chi connectivity index (χ4v) is 3.94. The highest BCUT2D eigenvalue weighted by Gasteiger charge is 2.42. The van der Waals surface area contributed by atoms with Gasteiger partial charge in [-0.05, 0) is 43.7 Å². The Labute approximate surface area is 164 Å². The zero-order chi connectivity index (χ0) is 19.8. The zero-order valence-corrected chi connectivity index (χ0v) is 16.1.